The molecule has 26 heavy (non-hydrogen) atoms. The molecule has 3 rings (SSSR count). The Balaban J connectivity index is 1.68. The molecule has 0 aliphatic carbocycles. The minimum Gasteiger partial charge on any atom is -0.455 e. The lowest BCUT2D eigenvalue weighted by Gasteiger charge is -1.99. The lowest BCUT2D eigenvalue weighted by molar-refractivity contribution is -0.385. The van der Waals surface area contributed by atoms with E-state index in [-0.39, 0.29) is 11.4 Å². The highest BCUT2D eigenvalue weighted by molar-refractivity contribution is 5.78. The Kier molecular flexibility index (Phi) is 4.70. The number of rotatable bonds is 6. The summed E-state index contributed by atoms with van der Waals surface area (Å²) in [6.07, 6.45) is 1.43. The van der Waals surface area contributed by atoms with Crippen LogP contribution in [0.15, 0.2) is 70.2 Å². The average Bonchev–Trinajstić information content (AvgIpc) is 3.11. The van der Waals surface area contributed by atoms with Crippen molar-refractivity contribution in [1.82, 2.24) is 0 Å². The second-order valence-electron chi connectivity index (χ2n) is 5.18. The van der Waals surface area contributed by atoms with Crippen LogP contribution >= 0.6 is 0 Å². The molecule has 130 valence electrons. The zero-order valence-electron chi connectivity index (χ0n) is 13.2. The second-order valence-corrected chi connectivity index (χ2v) is 5.18. The maximum Gasteiger partial charge on any atom is 0.270 e. The summed E-state index contributed by atoms with van der Waals surface area (Å²) in [5.41, 5.74) is 3.87. The van der Waals surface area contributed by atoms with E-state index in [2.05, 4.69) is 10.5 Å². The quantitative estimate of drug-likeness (QED) is 0.402. The molecular formula is C17H12N4O5. The van der Waals surface area contributed by atoms with Gasteiger partial charge in [0.15, 0.2) is 0 Å². The number of nitrogens with one attached hydrogen (secondary N) is 1. The van der Waals surface area contributed by atoms with Crippen LogP contribution in [0.5, 0.6) is 0 Å². The van der Waals surface area contributed by atoms with Gasteiger partial charge in [-0.2, -0.15) is 5.10 Å². The topological polar surface area (TPSA) is 124 Å². The maximum atomic E-state index is 10.8. The number of benzene rings is 2. The van der Waals surface area contributed by atoms with Gasteiger partial charge in [0.05, 0.1) is 21.7 Å². The monoisotopic (exact) mass is 352 g/mol. The van der Waals surface area contributed by atoms with Gasteiger partial charge in [-0.1, -0.05) is 12.1 Å². The first-order valence-electron chi connectivity index (χ1n) is 7.41. The SMILES string of the molecule is O=[N+]([O-])c1ccc(N/N=C\c2ccc(-c3cccc([N+](=O)[O-])c3)o2)cc1. The predicted octanol–water partition coefficient (Wildman–Crippen LogP) is 4.21. The summed E-state index contributed by atoms with van der Waals surface area (Å²) in [6.45, 7) is 0. The van der Waals surface area contributed by atoms with Gasteiger partial charge >= 0.3 is 0 Å². The third-order valence-corrected chi connectivity index (χ3v) is 3.43. The summed E-state index contributed by atoms with van der Waals surface area (Å²) in [4.78, 5) is 20.5. The molecule has 0 bridgehead atoms. The molecule has 0 atom stereocenters. The number of nitro benzene ring substituents is 2. The van der Waals surface area contributed by atoms with Crippen LogP contribution in [-0.2, 0) is 0 Å². The number of hydrogen-bond donors (Lipinski definition) is 1. The molecule has 9 nitrogen and oxygen atoms in total. The summed E-state index contributed by atoms with van der Waals surface area (Å²) in [7, 11) is 0. The summed E-state index contributed by atoms with van der Waals surface area (Å²) < 4.78 is 5.59. The van der Waals surface area contributed by atoms with Crippen LogP contribution in [0.1, 0.15) is 5.76 Å². The van der Waals surface area contributed by atoms with Crippen LogP contribution < -0.4 is 5.43 Å². The van der Waals surface area contributed by atoms with E-state index < -0.39 is 9.85 Å². The summed E-state index contributed by atoms with van der Waals surface area (Å²) in [6, 6.07) is 15.3. The minimum absolute atomic E-state index is 0.00726. The summed E-state index contributed by atoms with van der Waals surface area (Å²) in [5, 5.41) is 25.4. The van der Waals surface area contributed by atoms with E-state index in [1.807, 2.05) is 0 Å². The Morgan fingerprint density at radius 2 is 1.65 bits per heavy atom. The van der Waals surface area contributed by atoms with Crippen LogP contribution in [0.4, 0.5) is 17.1 Å². The molecule has 0 radical (unpaired) electrons. The van der Waals surface area contributed by atoms with Gasteiger partial charge in [0.1, 0.15) is 11.5 Å². The first-order valence-corrected chi connectivity index (χ1v) is 7.41. The van der Waals surface area contributed by atoms with Gasteiger partial charge in [-0.3, -0.25) is 25.7 Å². The van der Waals surface area contributed by atoms with Crippen molar-refractivity contribution in [3.05, 3.63) is 86.7 Å². The Morgan fingerprint density at radius 3 is 2.35 bits per heavy atom. The highest BCUT2D eigenvalue weighted by atomic mass is 16.6. The molecule has 0 spiro atoms. The average molecular weight is 352 g/mol. The fourth-order valence-electron chi connectivity index (χ4n) is 2.18. The Morgan fingerprint density at radius 1 is 0.923 bits per heavy atom. The van der Waals surface area contributed by atoms with E-state index in [0.29, 0.717) is 22.8 Å². The van der Waals surface area contributed by atoms with Crippen LogP contribution in [0.3, 0.4) is 0 Å². The lowest BCUT2D eigenvalue weighted by atomic mass is 10.1. The van der Waals surface area contributed by atoms with E-state index in [4.69, 9.17) is 4.42 Å². The van der Waals surface area contributed by atoms with Crippen LogP contribution in [0, 0.1) is 20.2 Å². The van der Waals surface area contributed by atoms with Gasteiger partial charge < -0.3 is 4.42 Å². The number of anilines is 1. The first kappa shape index (κ1) is 16.8. The van der Waals surface area contributed by atoms with Gasteiger partial charge in [0.2, 0.25) is 0 Å². The van der Waals surface area contributed by atoms with Crippen molar-refractivity contribution < 1.29 is 14.3 Å². The van der Waals surface area contributed by atoms with Gasteiger partial charge in [-0.15, -0.1) is 0 Å². The molecule has 1 aromatic heterocycles. The molecule has 1 heterocycles. The van der Waals surface area contributed by atoms with Gasteiger partial charge in [0, 0.05) is 29.8 Å². The minimum atomic E-state index is -0.481. The van der Waals surface area contributed by atoms with Crippen molar-refractivity contribution in [2.45, 2.75) is 0 Å². The Bertz CT molecular complexity index is 979. The van der Waals surface area contributed by atoms with Crippen molar-refractivity contribution in [3.8, 4) is 11.3 Å². The molecule has 2 aromatic carbocycles. The van der Waals surface area contributed by atoms with Gasteiger partial charge in [0.25, 0.3) is 11.4 Å². The van der Waals surface area contributed by atoms with Crippen molar-refractivity contribution >= 4 is 23.3 Å². The van der Waals surface area contributed by atoms with E-state index in [1.54, 1.807) is 24.3 Å². The number of nitrogens with zero attached hydrogens (tertiary/aromatic N) is 3. The molecule has 0 amide bonds. The normalized spacial score (nSPS) is 10.8. The highest BCUT2D eigenvalue weighted by Gasteiger charge is 2.09. The number of hydrogen-bond acceptors (Lipinski definition) is 7. The molecule has 0 saturated heterocycles. The van der Waals surface area contributed by atoms with Crippen LogP contribution in [-0.4, -0.2) is 16.1 Å². The van der Waals surface area contributed by atoms with Crippen molar-refractivity contribution in [3.63, 3.8) is 0 Å². The van der Waals surface area contributed by atoms with Crippen LogP contribution in [0.25, 0.3) is 11.3 Å². The Hall–Kier alpha value is -4.01. The van der Waals surface area contributed by atoms with E-state index in [9.17, 15) is 20.2 Å². The number of furan rings is 1. The van der Waals surface area contributed by atoms with E-state index in [1.165, 1.54) is 42.6 Å². The Labute approximate surface area is 146 Å². The van der Waals surface area contributed by atoms with Gasteiger partial charge in [-0.05, 0) is 24.3 Å². The van der Waals surface area contributed by atoms with E-state index in [0.717, 1.165) is 0 Å². The number of hydrazone groups is 1. The summed E-state index contributed by atoms with van der Waals surface area (Å²) >= 11 is 0. The van der Waals surface area contributed by atoms with Crippen LogP contribution in [0.2, 0.25) is 0 Å². The molecule has 3 aromatic rings. The van der Waals surface area contributed by atoms with Crippen molar-refractivity contribution in [2.75, 3.05) is 5.43 Å². The maximum absolute atomic E-state index is 10.8. The third-order valence-electron chi connectivity index (χ3n) is 3.43. The molecule has 1 N–H and O–H groups in total. The second kappa shape index (κ2) is 7.26. The molecule has 0 unspecified atom stereocenters. The smallest absolute Gasteiger partial charge is 0.270 e. The van der Waals surface area contributed by atoms with Crippen molar-refractivity contribution in [1.29, 1.82) is 0 Å². The predicted molar refractivity (Wildman–Crippen MR) is 95.1 cm³/mol. The first-order chi connectivity index (χ1) is 12.5. The molecule has 0 fully saturated rings. The third kappa shape index (κ3) is 3.90. The van der Waals surface area contributed by atoms with Crippen molar-refractivity contribution in [2.24, 2.45) is 5.10 Å². The van der Waals surface area contributed by atoms with E-state index >= 15 is 0 Å². The number of nitro groups is 2. The fourth-order valence-corrected chi connectivity index (χ4v) is 2.18. The standard InChI is InChI=1S/C17H12N4O5/c22-20(23)14-6-4-13(5-7-14)19-18-11-16-8-9-17(26-16)12-2-1-3-15(10-12)21(24)25/h1-11,19H/b18-11-. The molecule has 0 saturated carbocycles. The van der Waals surface area contributed by atoms with Gasteiger partial charge in [-0.25, -0.2) is 0 Å². The number of non-ortho nitro benzene ring substituents is 2. The largest absolute Gasteiger partial charge is 0.455 e. The molecule has 9 heteroatoms. The molecule has 0 aliphatic rings. The zero-order chi connectivity index (χ0) is 18.5. The summed E-state index contributed by atoms with van der Waals surface area (Å²) in [5.74, 6) is 0.923. The lowest BCUT2D eigenvalue weighted by Crippen LogP contribution is -1.91. The zero-order valence-corrected chi connectivity index (χ0v) is 13.2. The fraction of sp³-hybridized carbons (Fsp3) is 0. The molecular weight excluding hydrogens is 340 g/mol. The molecule has 0 aliphatic heterocycles. The highest BCUT2D eigenvalue weighted by Crippen LogP contribution is 2.25.